The van der Waals surface area contributed by atoms with Gasteiger partial charge in [0, 0.05) is 17.8 Å². The third-order valence-corrected chi connectivity index (χ3v) is 2.52. The van der Waals surface area contributed by atoms with E-state index in [1.54, 1.807) is 0 Å². The van der Waals surface area contributed by atoms with Crippen LogP contribution in [-0.4, -0.2) is 22.7 Å². The Bertz CT molecular complexity index is 334. The maximum Gasteiger partial charge on any atom is 0.188 e. The van der Waals surface area contributed by atoms with Crippen molar-refractivity contribution in [3.8, 4) is 0 Å². The smallest absolute Gasteiger partial charge is 0.188 e. The van der Waals surface area contributed by atoms with Crippen molar-refractivity contribution in [3.63, 3.8) is 0 Å². The van der Waals surface area contributed by atoms with Crippen LogP contribution in [0.5, 0.6) is 0 Å². The van der Waals surface area contributed by atoms with Crippen LogP contribution in [-0.2, 0) is 6.54 Å². The molecule has 1 heterocycles. The molecule has 0 saturated carbocycles. The molecule has 0 fully saturated rings. The number of aromatic amines is 1. The van der Waals surface area contributed by atoms with Crippen molar-refractivity contribution in [3.05, 3.63) is 17.0 Å². The van der Waals surface area contributed by atoms with Gasteiger partial charge >= 0.3 is 0 Å². The molecule has 0 atom stereocenters. The number of hydrogen-bond acceptors (Lipinski definition) is 2. The van der Waals surface area contributed by atoms with Gasteiger partial charge in [0.25, 0.3) is 0 Å². The molecule has 0 aliphatic carbocycles. The van der Waals surface area contributed by atoms with Gasteiger partial charge in [0.2, 0.25) is 0 Å². The van der Waals surface area contributed by atoms with Gasteiger partial charge in [0.05, 0.1) is 12.2 Å². The number of guanidine groups is 1. The number of aromatic nitrogens is 2. The summed E-state index contributed by atoms with van der Waals surface area (Å²) in [6.45, 7) is 7.57. The van der Waals surface area contributed by atoms with Gasteiger partial charge in [-0.15, -0.1) is 0 Å². The van der Waals surface area contributed by atoms with Gasteiger partial charge < -0.3 is 11.1 Å². The SMILES string of the molecule is CCCCNC(N)=NCc1c(C)n[nH]c1C. The molecule has 4 N–H and O–H groups in total. The highest BCUT2D eigenvalue weighted by Gasteiger charge is 2.04. The van der Waals surface area contributed by atoms with Crippen molar-refractivity contribution in [1.82, 2.24) is 15.5 Å². The van der Waals surface area contributed by atoms with Crippen LogP contribution >= 0.6 is 0 Å². The lowest BCUT2D eigenvalue weighted by Gasteiger charge is -2.04. The Balaban J connectivity index is 2.46. The summed E-state index contributed by atoms with van der Waals surface area (Å²) in [5.74, 6) is 0.508. The number of aryl methyl sites for hydroxylation is 2. The first-order valence-corrected chi connectivity index (χ1v) is 5.69. The Morgan fingerprint density at radius 1 is 1.50 bits per heavy atom. The lowest BCUT2D eigenvalue weighted by molar-refractivity contribution is 0.748. The zero-order valence-corrected chi connectivity index (χ0v) is 10.3. The highest BCUT2D eigenvalue weighted by Crippen LogP contribution is 2.09. The summed E-state index contributed by atoms with van der Waals surface area (Å²) < 4.78 is 0. The lowest BCUT2D eigenvalue weighted by Crippen LogP contribution is -2.32. The Labute approximate surface area is 96.5 Å². The number of hydrogen-bond donors (Lipinski definition) is 3. The summed E-state index contributed by atoms with van der Waals surface area (Å²) in [4.78, 5) is 4.28. The van der Waals surface area contributed by atoms with Crippen LogP contribution in [0.3, 0.4) is 0 Å². The van der Waals surface area contributed by atoms with Gasteiger partial charge in [-0.25, -0.2) is 4.99 Å². The minimum absolute atomic E-state index is 0.508. The molecule has 1 rings (SSSR count). The minimum atomic E-state index is 0.508. The number of aliphatic imine (C=N–C) groups is 1. The molecule has 90 valence electrons. The van der Waals surface area contributed by atoms with Crippen LogP contribution in [0.15, 0.2) is 4.99 Å². The van der Waals surface area contributed by atoms with Crippen molar-refractivity contribution in [2.24, 2.45) is 10.7 Å². The molecule has 0 saturated heterocycles. The van der Waals surface area contributed by atoms with Gasteiger partial charge in [-0.05, 0) is 20.3 Å². The first-order chi connectivity index (χ1) is 7.65. The molecule has 0 amide bonds. The Hall–Kier alpha value is -1.52. The van der Waals surface area contributed by atoms with Crippen molar-refractivity contribution in [2.75, 3.05) is 6.54 Å². The van der Waals surface area contributed by atoms with Gasteiger partial charge in [0.15, 0.2) is 5.96 Å². The number of H-pyrrole nitrogens is 1. The van der Waals surface area contributed by atoms with Gasteiger partial charge in [-0.3, -0.25) is 5.10 Å². The van der Waals surface area contributed by atoms with Crippen molar-refractivity contribution >= 4 is 5.96 Å². The molecule has 1 aromatic heterocycles. The van der Waals surface area contributed by atoms with Gasteiger partial charge in [0.1, 0.15) is 0 Å². The molecular formula is C11H21N5. The number of nitrogens with one attached hydrogen (secondary N) is 2. The van der Waals surface area contributed by atoms with E-state index >= 15 is 0 Å². The molecule has 5 nitrogen and oxygen atoms in total. The Morgan fingerprint density at radius 2 is 2.25 bits per heavy atom. The van der Waals surface area contributed by atoms with Crippen molar-refractivity contribution in [1.29, 1.82) is 0 Å². The fraction of sp³-hybridized carbons (Fsp3) is 0.636. The average molecular weight is 223 g/mol. The largest absolute Gasteiger partial charge is 0.370 e. The van der Waals surface area contributed by atoms with Gasteiger partial charge in [-0.2, -0.15) is 5.10 Å². The molecule has 5 heteroatoms. The molecule has 0 radical (unpaired) electrons. The zero-order valence-electron chi connectivity index (χ0n) is 10.3. The fourth-order valence-corrected chi connectivity index (χ4v) is 1.42. The summed E-state index contributed by atoms with van der Waals surface area (Å²) in [6.07, 6.45) is 2.26. The standard InChI is InChI=1S/C11H21N5/c1-4-5-6-13-11(12)14-7-10-8(2)15-16-9(10)3/h4-7H2,1-3H3,(H,15,16)(H3,12,13,14). The van der Waals surface area contributed by atoms with Crippen LogP contribution in [0.25, 0.3) is 0 Å². The van der Waals surface area contributed by atoms with Crippen LogP contribution in [0.1, 0.15) is 36.7 Å². The Kier molecular flexibility index (Phi) is 4.82. The number of nitrogens with two attached hydrogens (primary N) is 1. The zero-order chi connectivity index (χ0) is 12.0. The van der Waals surface area contributed by atoms with Gasteiger partial charge in [-0.1, -0.05) is 13.3 Å². The fourth-order valence-electron chi connectivity index (χ4n) is 1.42. The van der Waals surface area contributed by atoms with Crippen LogP contribution in [0, 0.1) is 13.8 Å². The van der Waals surface area contributed by atoms with Crippen molar-refractivity contribution < 1.29 is 0 Å². The van der Waals surface area contributed by atoms with E-state index in [9.17, 15) is 0 Å². The monoisotopic (exact) mass is 223 g/mol. The third kappa shape index (κ3) is 3.56. The maximum absolute atomic E-state index is 5.74. The van der Waals surface area contributed by atoms with E-state index in [0.717, 1.165) is 36.3 Å². The van der Waals surface area contributed by atoms with Crippen LogP contribution in [0.2, 0.25) is 0 Å². The van der Waals surface area contributed by atoms with E-state index in [0.29, 0.717) is 12.5 Å². The molecule has 0 aliphatic rings. The first kappa shape index (κ1) is 12.5. The Morgan fingerprint density at radius 3 is 2.81 bits per heavy atom. The van der Waals surface area contributed by atoms with E-state index in [-0.39, 0.29) is 0 Å². The second kappa shape index (κ2) is 6.15. The lowest BCUT2D eigenvalue weighted by atomic mass is 10.2. The van der Waals surface area contributed by atoms with E-state index in [2.05, 4.69) is 27.4 Å². The molecule has 0 spiro atoms. The summed E-state index contributed by atoms with van der Waals surface area (Å²) in [6, 6.07) is 0. The molecule has 1 aromatic rings. The summed E-state index contributed by atoms with van der Waals surface area (Å²) in [5, 5.41) is 10.1. The predicted molar refractivity (Wildman–Crippen MR) is 66.3 cm³/mol. The molecule has 0 aliphatic heterocycles. The first-order valence-electron chi connectivity index (χ1n) is 5.69. The molecular weight excluding hydrogens is 202 g/mol. The predicted octanol–water partition coefficient (Wildman–Crippen LogP) is 1.23. The second-order valence-corrected chi connectivity index (χ2v) is 3.89. The highest BCUT2D eigenvalue weighted by molar-refractivity contribution is 5.77. The van der Waals surface area contributed by atoms with Crippen LogP contribution < -0.4 is 11.1 Å². The number of nitrogens with zero attached hydrogens (tertiary/aromatic N) is 2. The summed E-state index contributed by atoms with van der Waals surface area (Å²) in [7, 11) is 0. The van der Waals surface area contributed by atoms with Crippen LogP contribution in [0.4, 0.5) is 0 Å². The van der Waals surface area contributed by atoms with E-state index in [1.165, 1.54) is 0 Å². The quantitative estimate of drug-likeness (QED) is 0.399. The average Bonchev–Trinajstić information content (AvgIpc) is 2.57. The van der Waals surface area contributed by atoms with E-state index in [4.69, 9.17) is 5.73 Å². The summed E-state index contributed by atoms with van der Waals surface area (Å²) in [5.41, 5.74) is 8.91. The number of rotatable bonds is 5. The van der Waals surface area contributed by atoms with Crippen molar-refractivity contribution in [2.45, 2.75) is 40.2 Å². The topological polar surface area (TPSA) is 79.1 Å². The third-order valence-electron chi connectivity index (χ3n) is 2.52. The molecule has 0 aromatic carbocycles. The molecule has 0 bridgehead atoms. The van der Waals surface area contributed by atoms with E-state index < -0.39 is 0 Å². The number of unbranched alkanes of at least 4 members (excludes halogenated alkanes) is 1. The maximum atomic E-state index is 5.74. The highest BCUT2D eigenvalue weighted by atomic mass is 15.1. The second-order valence-electron chi connectivity index (χ2n) is 3.89. The van der Waals surface area contributed by atoms with E-state index in [1.807, 2.05) is 13.8 Å². The molecule has 16 heavy (non-hydrogen) atoms. The minimum Gasteiger partial charge on any atom is -0.370 e. The normalized spacial score (nSPS) is 11.8. The summed E-state index contributed by atoms with van der Waals surface area (Å²) >= 11 is 0. The molecule has 0 unspecified atom stereocenters.